The molecule has 0 radical (unpaired) electrons. The Hall–Kier alpha value is -0.903. The predicted molar refractivity (Wildman–Crippen MR) is 111 cm³/mol. The quantitative estimate of drug-likeness (QED) is 0.466. The van der Waals surface area contributed by atoms with Crippen LogP contribution >= 0.6 is 15.9 Å². The molecule has 0 heterocycles. The predicted octanol–water partition coefficient (Wildman–Crippen LogP) is 4.98. The van der Waals surface area contributed by atoms with Crippen molar-refractivity contribution in [2.24, 2.45) is 5.92 Å². The Bertz CT molecular complexity index is 567. The second kappa shape index (κ2) is 8.46. The molecular formula is C21H29BrOSi. The van der Waals surface area contributed by atoms with Crippen LogP contribution in [0.4, 0.5) is 0 Å². The minimum absolute atomic E-state index is 0.0594. The van der Waals surface area contributed by atoms with Gasteiger partial charge < -0.3 is 4.43 Å². The van der Waals surface area contributed by atoms with Crippen molar-refractivity contribution >= 4 is 34.6 Å². The molecule has 0 fully saturated rings. The summed E-state index contributed by atoms with van der Waals surface area (Å²) in [4.78, 5) is 0. The molecule has 0 spiro atoms. The standard InChI is InChI=1S/C21H29BrOSi/c1-18(15-16-22)17-23-24(21(2,3)4,19-11-7-5-8-12-19)20-13-9-6-10-14-20/h5-14,18H,15-17H2,1-4H3/t18-/m0/s1. The highest BCUT2D eigenvalue weighted by atomic mass is 79.9. The van der Waals surface area contributed by atoms with E-state index in [1.165, 1.54) is 10.4 Å². The van der Waals surface area contributed by atoms with Crippen LogP contribution in [0.15, 0.2) is 60.7 Å². The van der Waals surface area contributed by atoms with Gasteiger partial charge in [-0.05, 0) is 27.8 Å². The van der Waals surface area contributed by atoms with Crippen molar-refractivity contribution in [2.75, 3.05) is 11.9 Å². The highest BCUT2D eigenvalue weighted by Crippen LogP contribution is 2.37. The Balaban J connectivity index is 2.53. The topological polar surface area (TPSA) is 9.23 Å². The third-order valence-electron chi connectivity index (χ3n) is 4.60. The van der Waals surface area contributed by atoms with Crippen LogP contribution in [0, 0.1) is 5.92 Å². The van der Waals surface area contributed by atoms with E-state index in [-0.39, 0.29) is 5.04 Å². The molecule has 24 heavy (non-hydrogen) atoms. The number of rotatable bonds is 7. The molecule has 3 heteroatoms. The first-order chi connectivity index (χ1) is 11.4. The molecule has 0 amide bonds. The third-order valence-corrected chi connectivity index (χ3v) is 10.1. The molecule has 2 rings (SSSR count). The number of hydrogen-bond acceptors (Lipinski definition) is 1. The first kappa shape index (κ1) is 19.4. The molecule has 2 aromatic rings. The number of halogens is 1. The van der Waals surface area contributed by atoms with E-state index in [4.69, 9.17) is 4.43 Å². The Morgan fingerprint density at radius 1 is 0.917 bits per heavy atom. The molecule has 0 aliphatic carbocycles. The monoisotopic (exact) mass is 404 g/mol. The summed E-state index contributed by atoms with van der Waals surface area (Å²) in [7, 11) is -2.36. The minimum atomic E-state index is -2.36. The van der Waals surface area contributed by atoms with Gasteiger partial charge in [0.25, 0.3) is 8.32 Å². The van der Waals surface area contributed by atoms with Crippen molar-refractivity contribution in [1.29, 1.82) is 0 Å². The normalized spacial score (nSPS) is 13.7. The minimum Gasteiger partial charge on any atom is -0.407 e. The molecule has 1 nitrogen and oxygen atoms in total. The van der Waals surface area contributed by atoms with Crippen molar-refractivity contribution in [2.45, 2.75) is 39.2 Å². The van der Waals surface area contributed by atoms with E-state index in [0.717, 1.165) is 18.4 Å². The largest absolute Gasteiger partial charge is 0.407 e. The summed E-state index contributed by atoms with van der Waals surface area (Å²) in [6.45, 7) is 10.1. The van der Waals surface area contributed by atoms with Crippen LogP contribution in [-0.4, -0.2) is 20.3 Å². The first-order valence-corrected chi connectivity index (χ1v) is 11.8. The summed E-state index contributed by atoms with van der Waals surface area (Å²) >= 11 is 3.56. The van der Waals surface area contributed by atoms with E-state index >= 15 is 0 Å². The number of alkyl halides is 1. The van der Waals surface area contributed by atoms with Crippen LogP contribution in [-0.2, 0) is 4.43 Å². The molecule has 0 aliphatic rings. The van der Waals surface area contributed by atoms with Gasteiger partial charge in [0.2, 0.25) is 0 Å². The fourth-order valence-electron chi connectivity index (χ4n) is 3.30. The molecule has 0 saturated carbocycles. The maximum Gasteiger partial charge on any atom is 0.261 e. The van der Waals surface area contributed by atoms with Gasteiger partial charge in [-0.25, -0.2) is 0 Å². The van der Waals surface area contributed by atoms with Crippen LogP contribution in [0.3, 0.4) is 0 Å². The van der Waals surface area contributed by atoms with Crippen molar-refractivity contribution in [1.82, 2.24) is 0 Å². The molecule has 0 unspecified atom stereocenters. The van der Waals surface area contributed by atoms with Crippen LogP contribution in [0.25, 0.3) is 0 Å². The lowest BCUT2D eigenvalue weighted by Gasteiger charge is -2.43. The van der Waals surface area contributed by atoms with Gasteiger partial charge in [0.15, 0.2) is 0 Å². The van der Waals surface area contributed by atoms with E-state index in [1.807, 2.05) is 0 Å². The lowest BCUT2D eigenvalue weighted by molar-refractivity contribution is 0.243. The van der Waals surface area contributed by atoms with E-state index < -0.39 is 8.32 Å². The van der Waals surface area contributed by atoms with Gasteiger partial charge in [0.05, 0.1) is 0 Å². The summed E-state index contributed by atoms with van der Waals surface area (Å²) in [5.41, 5.74) is 0. The number of benzene rings is 2. The van der Waals surface area contributed by atoms with Crippen LogP contribution < -0.4 is 10.4 Å². The van der Waals surface area contributed by atoms with Gasteiger partial charge in [0.1, 0.15) is 0 Å². The van der Waals surface area contributed by atoms with Gasteiger partial charge >= 0.3 is 0 Å². The highest BCUT2D eigenvalue weighted by Gasteiger charge is 2.50. The summed E-state index contributed by atoms with van der Waals surface area (Å²) in [6, 6.07) is 21.7. The Kier molecular flexibility index (Phi) is 6.85. The first-order valence-electron chi connectivity index (χ1n) is 8.73. The summed E-state index contributed by atoms with van der Waals surface area (Å²) in [6.07, 6.45) is 1.14. The van der Waals surface area contributed by atoms with Crippen molar-refractivity contribution in [3.05, 3.63) is 60.7 Å². The van der Waals surface area contributed by atoms with Crippen LogP contribution in [0.5, 0.6) is 0 Å². The Morgan fingerprint density at radius 2 is 1.38 bits per heavy atom. The van der Waals surface area contributed by atoms with Crippen LogP contribution in [0.1, 0.15) is 34.1 Å². The van der Waals surface area contributed by atoms with E-state index in [2.05, 4.69) is 104 Å². The van der Waals surface area contributed by atoms with Crippen LogP contribution in [0.2, 0.25) is 5.04 Å². The van der Waals surface area contributed by atoms with Crippen molar-refractivity contribution in [3.8, 4) is 0 Å². The molecular weight excluding hydrogens is 376 g/mol. The highest BCUT2D eigenvalue weighted by molar-refractivity contribution is 9.09. The fourth-order valence-corrected chi connectivity index (χ4v) is 8.77. The zero-order valence-electron chi connectivity index (χ0n) is 15.3. The number of hydrogen-bond donors (Lipinski definition) is 0. The summed E-state index contributed by atoms with van der Waals surface area (Å²) in [5.74, 6) is 0.547. The zero-order chi connectivity index (χ0) is 17.6. The van der Waals surface area contributed by atoms with Gasteiger partial charge in [-0.1, -0.05) is 104 Å². The molecule has 2 aromatic carbocycles. The zero-order valence-corrected chi connectivity index (χ0v) is 17.8. The lowest BCUT2D eigenvalue weighted by Crippen LogP contribution is -2.66. The average Bonchev–Trinajstić information content (AvgIpc) is 2.56. The molecule has 0 N–H and O–H groups in total. The van der Waals surface area contributed by atoms with Crippen molar-refractivity contribution < 1.29 is 4.43 Å². The Morgan fingerprint density at radius 3 is 1.75 bits per heavy atom. The van der Waals surface area contributed by atoms with Crippen molar-refractivity contribution in [3.63, 3.8) is 0 Å². The van der Waals surface area contributed by atoms with E-state index in [0.29, 0.717) is 5.92 Å². The maximum absolute atomic E-state index is 6.90. The summed E-state index contributed by atoms with van der Waals surface area (Å²) < 4.78 is 6.90. The Labute approximate surface area is 156 Å². The smallest absolute Gasteiger partial charge is 0.261 e. The van der Waals surface area contributed by atoms with E-state index in [9.17, 15) is 0 Å². The van der Waals surface area contributed by atoms with Gasteiger partial charge in [-0.15, -0.1) is 0 Å². The second-order valence-electron chi connectivity index (χ2n) is 7.56. The second-order valence-corrected chi connectivity index (χ2v) is 12.7. The molecule has 0 aliphatic heterocycles. The molecule has 0 aromatic heterocycles. The lowest BCUT2D eigenvalue weighted by atomic mass is 10.1. The summed E-state index contributed by atoms with van der Waals surface area (Å²) in [5, 5.41) is 3.80. The molecule has 0 bridgehead atoms. The van der Waals surface area contributed by atoms with Gasteiger partial charge in [-0.3, -0.25) is 0 Å². The molecule has 1 atom stereocenters. The average molecular weight is 405 g/mol. The molecule has 130 valence electrons. The fraction of sp³-hybridized carbons (Fsp3) is 0.429. The van der Waals surface area contributed by atoms with E-state index in [1.54, 1.807) is 0 Å². The van der Waals surface area contributed by atoms with Gasteiger partial charge in [0, 0.05) is 11.9 Å². The molecule has 0 saturated heterocycles. The third kappa shape index (κ3) is 4.19. The SMILES string of the molecule is C[C@@H](CCBr)CO[Si](c1ccccc1)(c1ccccc1)C(C)(C)C. The van der Waals surface area contributed by atoms with Gasteiger partial charge in [-0.2, -0.15) is 0 Å². The maximum atomic E-state index is 6.90.